The zero-order valence-corrected chi connectivity index (χ0v) is 12.1. The maximum atomic E-state index is 14.1. The van der Waals surface area contributed by atoms with E-state index < -0.39 is 35.3 Å². The van der Waals surface area contributed by atoms with Crippen molar-refractivity contribution in [3.63, 3.8) is 0 Å². The van der Waals surface area contributed by atoms with Crippen LogP contribution >= 0.6 is 0 Å². The first-order valence-corrected chi connectivity index (χ1v) is 6.21. The number of nitrogens with zero attached hydrogens (tertiary/aromatic N) is 1. The van der Waals surface area contributed by atoms with Crippen LogP contribution in [-0.4, -0.2) is 34.5 Å². The number of rotatable bonds is 4. The van der Waals surface area contributed by atoms with Gasteiger partial charge in [0, 0.05) is 7.05 Å². The normalized spacial score (nSPS) is 13.6. The molecule has 0 heterocycles. The fourth-order valence-electron chi connectivity index (χ4n) is 1.57. The first kappa shape index (κ1) is 17.9. The number of carboxylic acid groups (broad SMARTS) is 1. The fourth-order valence-corrected chi connectivity index (χ4v) is 1.57. The van der Waals surface area contributed by atoms with E-state index in [2.05, 4.69) is 0 Å². The third-order valence-corrected chi connectivity index (χ3v) is 3.44. The molecule has 0 bridgehead atoms. The number of carbonyl (C=O) groups is 2. The van der Waals surface area contributed by atoms with Crippen LogP contribution in [0.15, 0.2) is 24.3 Å². The van der Waals surface area contributed by atoms with E-state index in [0.717, 1.165) is 19.2 Å². The lowest BCUT2D eigenvalue weighted by Crippen LogP contribution is -2.51. The predicted octanol–water partition coefficient (Wildman–Crippen LogP) is 3.04. The van der Waals surface area contributed by atoms with E-state index in [4.69, 9.17) is 5.11 Å². The van der Waals surface area contributed by atoms with Gasteiger partial charge in [0.15, 0.2) is 0 Å². The van der Waals surface area contributed by atoms with Crippen molar-refractivity contribution < 1.29 is 32.3 Å². The molecule has 0 aliphatic heterocycles. The number of hydrogen-bond acceptors (Lipinski definition) is 2. The van der Waals surface area contributed by atoms with Gasteiger partial charge in [0.25, 0.3) is 5.91 Å². The molecule has 0 saturated carbocycles. The monoisotopic (exact) mass is 321 g/mol. The minimum absolute atomic E-state index is 0.272. The molecule has 1 N–H and O–H groups in total. The van der Waals surface area contributed by atoms with E-state index in [9.17, 15) is 27.2 Å². The molecule has 8 heteroatoms. The van der Waals surface area contributed by atoms with Crippen LogP contribution in [0.1, 0.15) is 31.1 Å². The van der Waals surface area contributed by atoms with Crippen LogP contribution in [-0.2, 0) is 15.8 Å². The Morgan fingerprint density at radius 3 is 1.95 bits per heavy atom. The Hall–Kier alpha value is -2.12. The minimum atomic E-state index is -4.56. The molecule has 4 nitrogen and oxygen atoms in total. The third-order valence-electron chi connectivity index (χ3n) is 3.44. The first-order chi connectivity index (χ1) is 9.89. The van der Waals surface area contributed by atoms with Crippen molar-refractivity contribution in [1.82, 2.24) is 4.90 Å². The molecular weight excluding hydrogens is 306 g/mol. The summed E-state index contributed by atoms with van der Waals surface area (Å²) < 4.78 is 51.4. The van der Waals surface area contributed by atoms with E-state index >= 15 is 0 Å². The molecule has 1 rings (SSSR count). The lowest BCUT2D eigenvalue weighted by Gasteiger charge is -2.32. The predicted molar refractivity (Wildman–Crippen MR) is 69.8 cm³/mol. The Bertz CT molecular complexity index is 566. The van der Waals surface area contributed by atoms with Crippen LogP contribution in [0.2, 0.25) is 0 Å². The number of benzene rings is 1. The molecule has 22 heavy (non-hydrogen) atoms. The van der Waals surface area contributed by atoms with Crippen molar-refractivity contribution in [2.24, 2.45) is 0 Å². The molecule has 1 amide bonds. The Labute approximate surface area is 124 Å². The van der Waals surface area contributed by atoms with E-state index in [-0.39, 0.29) is 5.56 Å². The average molecular weight is 321 g/mol. The molecular formula is C14H15F4NO3. The smallest absolute Gasteiger partial charge is 0.416 e. The second kappa shape index (κ2) is 5.94. The average Bonchev–Trinajstić information content (AvgIpc) is 2.43. The van der Waals surface area contributed by atoms with Crippen molar-refractivity contribution in [3.05, 3.63) is 35.4 Å². The van der Waals surface area contributed by atoms with E-state index in [1.54, 1.807) is 0 Å². The number of hydrogen-bond donors (Lipinski definition) is 1. The lowest BCUT2D eigenvalue weighted by atomic mass is 10.0. The largest absolute Gasteiger partial charge is 0.480 e. The van der Waals surface area contributed by atoms with E-state index in [0.29, 0.717) is 17.0 Å². The summed E-state index contributed by atoms with van der Waals surface area (Å²) >= 11 is 0. The molecule has 1 unspecified atom stereocenters. The van der Waals surface area contributed by atoms with Gasteiger partial charge in [-0.3, -0.25) is 4.79 Å². The minimum Gasteiger partial charge on any atom is -0.480 e. The van der Waals surface area contributed by atoms with Crippen LogP contribution in [0.3, 0.4) is 0 Å². The van der Waals surface area contributed by atoms with Gasteiger partial charge in [-0.15, -0.1) is 0 Å². The SMILES string of the molecule is CN(C(=O)C(F)c1ccc(C(F)(F)F)cc1)C(C)(C)C(=O)O. The van der Waals surface area contributed by atoms with Crippen LogP contribution in [0.5, 0.6) is 0 Å². The standard InChI is InChI=1S/C14H15F4NO3/c1-13(2,12(21)22)19(3)11(20)10(15)8-4-6-9(7-5-8)14(16,17)18/h4-7,10H,1-3H3,(H,21,22). The summed E-state index contributed by atoms with van der Waals surface area (Å²) in [5.41, 5.74) is -2.88. The van der Waals surface area contributed by atoms with Gasteiger partial charge in [-0.25, -0.2) is 9.18 Å². The highest BCUT2D eigenvalue weighted by molar-refractivity contribution is 5.89. The summed E-state index contributed by atoms with van der Waals surface area (Å²) in [7, 11) is 1.12. The van der Waals surface area contributed by atoms with Crippen molar-refractivity contribution in [3.8, 4) is 0 Å². The highest BCUT2D eigenvalue weighted by atomic mass is 19.4. The summed E-state index contributed by atoms with van der Waals surface area (Å²) in [5.74, 6) is -2.48. The molecule has 0 radical (unpaired) electrons. The van der Waals surface area contributed by atoms with Crippen molar-refractivity contribution >= 4 is 11.9 Å². The highest BCUT2D eigenvalue weighted by Gasteiger charge is 2.38. The zero-order valence-electron chi connectivity index (χ0n) is 12.1. The topological polar surface area (TPSA) is 57.6 Å². The quantitative estimate of drug-likeness (QED) is 0.867. The number of likely N-dealkylation sites (N-methyl/N-ethyl adjacent to an activating group) is 1. The molecule has 1 atom stereocenters. The van der Waals surface area contributed by atoms with Crippen LogP contribution in [0, 0.1) is 0 Å². The van der Waals surface area contributed by atoms with Gasteiger partial charge >= 0.3 is 12.1 Å². The van der Waals surface area contributed by atoms with Gasteiger partial charge in [0.1, 0.15) is 5.54 Å². The second-order valence-electron chi connectivity index (χ2n) is 5.24. The zero-order chi connectivity index (χ0) is 17.3. The molecule has 1 aromatic rings. The van der Waals surface area contributed by atoms with E-state index in [1.807, 2.05) is 0 Å². The lowest BCUT2D eigenvalue weighted by molar-refractivity contribution is -0.157. The number of aliphatic carboxylic acids is 1. The van der Waals surface area contributed by atoms with Crippen LogP contribution in [0.25, 0.3) is 0 Å². The summed E-state index contributed by atoms with van der Waals surface area (Å²) in [6.45, 7) is 2.43. The Morgan fingerprint density at radius 1 is 1.14 bits per heavy atom. The van der Waals surface area contributed by atoms with E-state index in [1.165, 1.54) is 13.8 Å². The van der Waals surface area contributed by atoms with Crippen LogP contribution < -0.4 is 0 Å². The second-order valence-corrected chi connectivity index (χ2v) is 5.24. The molecule has 0 aliphatic carbocycles. The summed E-state index contributed by atoms with van der Waals surface area (Å²) in [6.07, 6.45) is -6.80. The number of carbonyl (C=O) groups excluding carboxylic acids is 1. The number of amides is 1. The van der Waals surface area contributed by atoms with Gasteiger partial charge in [0.05, 0.1) is 5.56 Å². The molecule has 0 spiro atoms. The first-order valence-electron chi connectivity index (χ1n) is 6.21. The molecule has 122 valence electrons. The highest BCUT2D eigenvalue weighted by Crippen LogP contribution is 2.31. The van der Waals surface area contributed by atoms with Crippen molar-refractivity contribution in [2.45, 2.75) is 31.7 Å². The maximum Gasteiger partial charge on any atom is 0.416 e. The van der Waals surface area contributed by atoms with Gasteiger partial charge in [0.2, 0.25) is 6.17 Å². The molecule has 1 aromatic carbocycles. The van der Waals surface area contributed by atoms with Gasteiger partial charge < -0.3 is 10.0 Å². The Balaban J connectivity index is 2.99. The van der Waals surface area contributed by atoms with Crippen molar-refractivity contribution in [1.29, 1.82) is 0 Å². The van der Waals surface area contributed by atoms with Gasteiger partial charge in [-0.05, 0) is 31.5 Å². The van der Waals surface area contributed by atoms with Gasteiger partial charge in [-0.2, -0.15) is 13.2 Å². The van der Waals surface area contributed by atoms with Crippen LogP contribution in [0.4, 0.5) is 17.6 Å². The molecule has 0 aliphatic rings. The van der Waals surface area contributed by atoms with Gasteiger partial charge in [-0.1, -0.05) is 12.1 Å². The maximum absolute atomic E-state index is 14.1. The summed E-state index contributed by atoms with van der Waals surface area (Å²) in [5, 5.41) is 9.00. The number of alkyl halides is 4. The summed E-state index contributed by atoms with van der Waals surface area (Å²) in [4.78, 5) is 23.7. The summed E-state index contributed by atoms with van der Waals surface area (Å²) in [6, 6.07) is 3.04. The Morgan fingerprint density at radius 2 is 1.59 bits per heavy atom. The third kappa shape index (κ3) is 3.55. The number of halogens is 4. The molecule has 0 aromatic heterocycles. The fraction of sp³-hybridized carbons (Fsp3) is 0.429. The molecule has 0 fully saturated rings. The van der Waals surface area contributed by atoms with Crippen molar-refractivity contribution in [2.75, 3.05) is 7.05 Å². The Kier molecular flexibility index (Phi) is 4.84. The number of carboxylic acids is 1. The molecule has 0 saturated heterocycles.